The number of halogens is 1. The third-order valence-electron chi connectivity index (χ3n) is 4.41. The molecule has 1 amide bonds. The highest BCUT2D eigenvalue weighted by Crippen LogP contribution is 2.22. The number of carbonyl (C=O) groups is 2. The molecule has 0 aliphatic rings. The molecule has 2 aromatic heterocycles. The van der Waals surface area contributed by atoms with Crippen molar-refractivity contribution in [1.29, 1.82) is 0 Å². The summed E-state index contributed by atoms with van der Waals surface area (Å²) in [5.41, 5.74) is 0.362. The molecule has 9 nitrogen and oxygen atoms in total. The minimum atomic E-state index is -0.928. The molecule has 152 valence electrons. The summed E-state index contributed by atoms with van der Waals surface area (Å²) >= 11 is 6.00. The first kappa shape index (κ1) is 20.5. The Bertz CT molecular complexity index is 1170. The van der Waals surface area contributed by atoms with E-state index in [1.54, 1.807) is 39.0 Å². The van der Waals surface area contributed by atoms with Crippen molar-refractivity contribution >= 4 is 40.3 Å². The third kappa shape index (κ3) is 3.86. The number of aromatic nitrogens is 3. The number of aryl methyl sites for hydroxylation is 2. The molecule has 3 aromatic rings. The van der Waals surface area contributed by atoms with Gasteiger partial charge in [-0.1, -0.05) is 22.8 Å². The summed E-state index contributed by atoms with van der Waals surface area (Å²) in [6.45, 7) is 6.67. The number of carbonyl (C=O) groups excluding carboxylic acids is 2. The first-order valence-electron chi connectivity index (χ1n) is 8.87. The number of hydrogen-bond donors (Lipinski definition) is 1. The summed E-state index contributed by atoms with van der Waals surface area (Å²) in [4.78, 5) is 42.1. The highest BCUT2D eigenvalue weighted by molar-refractivity contribution is 6.31. The maximum absolute atomic E-state index is 13.1. The average molecular weight is 419 g/mol. The van der Waals surface area contributed by atoms with Crippen molar-refractivity contribution in [3.8, 4) is 0 Å². The third-order valence-corrected chi connectivity index (χ3v) is 4.65. The molecule has 1 atom stereocenters. The SMILES string of the molecule is CCOC(=O)c1noc2nc(C)n([C@@H](C)C(=O)Nc3cc(Cl)ccc3C)c(=O)c12. The van der Waals surface area contributed by atoms with Gasteiger partial charge in [-0.2, -0.15) is 4.98 Å². The van der Waals surface area contributed by atoms with Crippen LogP contribution in [0, 0.1) is 13.8 Å². The lowest BCUT2D eigenvalue weighted by Crippen LogP contribution is -2.34. The van der Waals surface area contributed by atoms with Gasteiger partial charge in [0.25, 0.3) is 11.3 Å². The predicted molar refractivity (Wildman–Crippen MR) is 106 cm³/mol. The number of benzene rings is 1. The van der Waals surface area contributed by atoms with E-state index in [-0.39, 0.29) is 29.2 Å². The molecular formula is C19H19ClN4O5. The van der Waals surface area contributed by atoms with Gasteiger partial charge in [-0.05, 0) is 45.4 Å². The lowest BCUT2D eigenvalue weighted by molar-refractivity contribution is -0.118. The van der Waals surface area contributed by atoms with Gasteiger partial charge in [0.2, 0.25) is 11.6 Å². The fourth-order valence-electron chi connectivity index (χ4n) is 2.90. The van der Waals surface area contributed by atoms with E-state index in [0.717, 1.165) is 5.56 Å². The van der Waals surface area contributed by atoms with Gasteiger partial charge >= 0.3 is 5.97 Å². The van der Waals surface area contributed by atoms with Gasteiger partial charge in [0, 0.05) is 10.7 Å². The van der Waals surface area contributed by atoms with Gasteiger partial charge in [0.15, 0.2) is 0 Å². The van der Waals surface area contributed by atoms with Gasteiger partial charge in [-0.25, -0.2) is 4.79 Å². The Morgan fingerprint density at radius 1 is 1.34 bits per heavy atom. The predicted octanol–water partition coefficient (Wildman–Crippen LogP) is 3.03. The van der Waals surface area contributed by atoms with Gasteiger partial charge < -0.3 is 14.6 Å². The fourth-order valence-corrected chi connectivity index (χ4v) is 3.07. The summed E-state index contributed by atoms with van der Waals surface area (Å²) in [5, 5.41) is 6.71. The van der Waals surface area contributed by atoms with Crippen molar-refractivity contribution in [3.05, 3.63) is 50.7 Å². The Balaban J connectivity index is 2.03. The lowest BCUT2D eigenvalue weighted by Gasteiger charge is -2.18. The van der Waals surface area contributed by atoms with Crippen LogP contribution >= 0.6 is 11.6 Å². The van der Waals surface area contributed by atoms with Crippen LogP contribution < -0.4 is 10.9 Å². The summed E-state index contributed by atoms with van der Waals surface area (Å²) in [7, 11) is 0. The van der Waals surface area contributed by atoms with Crippen LogP contribution in [0.3, 0.4) is 0 Å². The van der Waals surface area contributed by atoms with Crippen molar-refractivity contribution in [3.63, 3.8) is 0 Å². The first-order valence-corrected chi connectivity index (χ1v) is 9.25. The van der Waals surface area contributed by atoms with Crippen molar-refractivity contribution in [2.24, 2.45) is 0 Å². The molecule has 0 unspecified atom stereocenters. The number of nitrogens with one attached hydrogen (secondary N) is 1. The van der Waals surface area contributed by atoms with E-state index in [0.29, 0.717) is 10.7 Å². The van der Waals surface area contributed by atoms with Crippen molar-refractivity contribution in [2.75, 3.05) is 11.9 Å². The van der Waals surface area contributed by atoms with Crippen LogP contribution in [-0.4, -0.2) is 33.2 Å². The number of amides is 1. The second-order valence-electron chi connectivity index (χ2n) is 6.39. The molecule has 3 rings (SSSR count). The zero-order valence-electron chi connectivity index (χ0n) is 16.3. The smallest absolute Gasteiger partial charge is 0.361 e. The van der Waals surface area contributed by atoms with E-state index >= 15 is 0 Å². The number of fused-ring (bicyclic) bond motifs is 1. The lowest BCUT2D eigenvalue weighted by atomic mass is 10.2. The number of ether oxygens (including phenoxy) is 1. The Labute approximate surface area is 170 Å². The minimum Gasteiger partial charge on any atom is -0.461 e. The van der Waals surface area contributed by atoms with Crippen LogP contribution in [-0.2, 0) is 9.53 Å². The monoisotopic (exact) mass is 418 g/mol. The normalized spacial score (nSPS) is 12.0. The number of esters is 1. The molecular weight excluding hydrogens is 400 g/mol. The quantitative estimate of drug-likeness (QED) is 0.633. The Kier molecular flexibility index (Phi) is 5.69. The summed E-state index contributed by atoms with van der Waals surface area (Å²) < 4.78 is 11.1. The molecule has 0 aliphatic carbocycles. The van der Waals surface area contributed by atoms with Crippen molar-refractivity contribution in [2.45, 2.75) is 33.7 Å². The van der Waals surface area contributed by atoms with Crippen LogP contribution in [0.5, 0.6) is 0 Å². The van der Waals surface area contributed by atoms with Crippen LogP contribution in [0.25, 0.3) is 11.1 Å². The van der Waals surface area contributed by atoms with Gasteiger partial charge in [-0.3, -0.25) is 14.2 Å². The molecule has 2 heterocycles. The largest absolute Gasteiger partial charge is 0.461 e. The molecule has 1 N–H and O–H groups in total. The molecule has 0 bridgehead atoms. The second kappa shape index (κ2) is 8.04. The Morgan fingerprint density at radius 2 is 2.07 bits per heavy atom. The average Bonchev–Trinajstić information content (AvgIpc) is 3.08. The van der Waals surface area contributed by atoms with Gasteiger partial charge in [0.05, 0.1) is 6.61 Å². The highest BCUT2D eigenvalue weighted by Gasteiger charge is 2.27. The van der Waals surface area contributed by atoms with Crippen molar-refractivity contribution < 1.29 is 18.8 Å². The van der Waals surface area contributed by atoms with E-state index in [4.69, 9.17) is 20.9 Å². The Hall–Kier alpha value is -3.20. The fraction of sp³-hybridized carbons (Fsp3) is 0.316. The molecule has 0 saturated carbocycles. The van der Waals surface area contributed by atoms with E-state index in [1.807, 2.05) is 6.92 Å². The first-order chi connectivity index (χ1) is 13.7. The van der Waals surface area contributed by atoms with E-state index in [1.165, 1.54) is 4.57 Å². The number of anilines is 1. The molecule has 0 aliphatic heterocycles. The van der Waals surface area contributed by atoms with Crippen molar-refractivity contribution in [1.82, 2.24) is 14.7 Å². The van der Waals surface area contributed by atoms with E-state index < -0.39 is 23.5 Å². The number of nitrogens with zero attached hydrogens (tertiary/aromatic N) is 3. The standard InChI is InChI=1S/C19H19ClN4O5/c1-5-28-19(27)15-14-17(29-23-15)21-11(4)24(18(14)26)10(3)16(25)22-13-8-12(20)7-6-9(13)2/h6-8,10H,5H2,1-4H3,(H,22,25)/t10-/m0/s1. The minimum absolute atomic E-state index is 0.0925. The zero-order valence-corrected chi connectivity index (χ0v) is 17.0. The van der Waals surface area contributed by atoms with Gasteiger partial charge in [0.1, 0.15) is 17.3 Å². The van der Waals surface area contributed by atoms with Crippen LogP contribution in [0.2, 0.25) is 5.02 Å². The maximum atomic E-state index is 13.1. The van der Waals surface area contributed by atoms with E-state index in [9.17, 15) is 14.4 Å². The molecule has 0 radical (unpaired) electrons. The molecule has 0 saturated heterocycles. The highest BCUT2D eigenvalue weighted by atomic mass is 35.5. The topological polar surface area (TPSA) is 116 Å². The number of rotatable bonds is 5. The zero-order chi connectivity index (χ0) is 21.3. The molecule has 10 heteroatoms. The van der Waals surface area contributed by atoms with Crippen LogP contribution in [0.1, 0.15) is 41.8 Å². The Morgan fingerprint density at radius 3 is 2.76 bits per heavy atom. The van der Waals surface area contributed by atoms with Crippen LogP contribution in [0.15, 0.2) is 27.5 Å². The van der Waals surface area contributed by atoms with Gasteiger partial charge in [-0.15, -0.1) is 0 Å². The molecule has 29 heavy (non-hydrogen) atoms. The molecule has 1 aromatic carbocycles. The number of hydrogen-bond acceptors (Lipinski definition) is 7. The summed E-state index contributed by atoms with van der Waals surface area (Å²) in [5.74, 6) is -1.01. The summed E-state index contributed by atoms with van der Waals surface area (Å²) in [6.07, 6.45) is 0. The maximum Gasteiger partial charge on any atom is 0.361 e. The second-order valence-corrected chi connectivity index (χ2v) is 6.83. The molecule has 0 fully saturated rings. The van der Waals surface area contributed by atoms with Crippen LogP contribution in [0.4, 0.5) is 5.69 Å². The van der Waals surface area contributed by atoms with E-state index in [2.05, 4.69) is 15.5 Å². The summed E-state index contributed by atoms with van der Waals surface area (Å²) in [6, 6.07) is 4.18. The molecule has 0 spiro atoms.